The lowest BCUT2D eigenvalue weighted by Crippen LogP contribution is -2.30. The van der Waals surface area contributed by atoms with Crippen molar-refractivity contribution in [2.75, 3.05) is 11.9 Å². The van der Waals surface area contributed by atoms with Crippen LogP contribution in [0.2, 0.25) is 5.15 Å². The fraction of sp³-hybridized carbons (Fsp3) is 0.148. The van der Waals surface area contributed by atoms with Gasteiger partial charge in [0.25, 0.3) is 5.56 Å². The van der Waals surface area contributed by atoms with Crippen molar-refractivity contribution in [3.8, 4) is 11.3 Å². The molecule has 0 bridgehead atoms. The van der Waals surface area contributed by atoms with Crippen LogP contribution in [-0.2, 0) is 29.1 Å². The Morgan fingerprint density at radius 2 is 1.47 bits per heavy atom. The van der Waals surface area contributed by atoms with Crippen molar-refractivity contribution < 1.29 is 9.53 Å². The molecule has 0 spiro atoms. The topological polar surface area (TPSA) is 73.2 Å². The number of hydrogen-bond donors (Lipinski definition) is 1. The minimum Gasteiger partial charge on any atom is -0.459 e. The largest absolute Gasteiger partial charge is 0.459 e. The molecule has 0 fully saturated rings. The molecule has 1 heterocycles. The molecule has 6 nitrogen and oxygen atoms in total. The Morgan fingerprint density at radius 3 is 2.12 bits per heavy atom. The fourth-order valence-corrected chi connectivity index (χ4v) is 3.86. The number of halogens is 1. The lowest BCUT2D eigenvalue weighted by molar-refractivity contribution is -0.145. The SMILES string of the molecule is O=C(Cn1c(-c2ccccc2)c(Cl)nc(NCCc2ccccc2)c1=O)OCc1ccccc1. The summed E-state index contributed by atoms with van der Waals surface area (Å²) in [6.45, 7) is 0.327. The normalized spacial score (nSPS) is 10.6. The third kappa shape index (κ3) is 5.91. The monoisotopic (exact) mass is 473 g/mol. The van der Waals surface area contributed by atoms with Crippen LogP contribution in [-0.4, -0.2) is 22.1 Å². The Balaban J connectivity index is 1.58. The van der Waals surface area contributed by atoms with Crippen LogP contribution in [0.25, 0.3) is 11.3 Å². The Hall–Kier alpha value is -3.90. The Labute approximate surface area is 202 Å². The summed E-state index contributed by atoms with van der Waals surface area (Å²) in [6, 6.07) is 28.4. The summed E-state index contributed by atoms with van der Waals surface area (Å²) in [7, 11) is 0. The van der Waals surface area contributed by atoms with Crippen LogP contribution >= 0.6 is 11.6 Å². The van der Waals surface area contributed by atoms with Crippen LogP contribution in [0.15, 0.2) is 95.8 Å². The number of hydrogen-bond acceptors (Lipinski definition) is 5. The number of anilines is 1. The van der Waals surface area contributed by atoms with Crippen LogP contribution < -0.4 is 10.9 Å². The third-order valence-corrected chi connectivity index (χ3v) is 5.51. The molecule has 0 aliphatic carbocycles. The van der Waals surface area contributed by atoms with Crippen molar-refractivity contribution in [2.24, 2.45) is 0 Å². The maximum absolute atomic E-state index is 13.3. The van der Waals surface area contributed by atoms with E-state index in [4.69, 9.17) is 16.3 Å². The van der Waals surface area contributed by atoms with E-state index in [1.807, 2.05) is 91.0 Å². The molecule has 1 aromatic heterocycles. The van der Waals surface area contributed by atoms with E-state index >= 15 is 0 Å². The van der Waals surface area contributed by atoms with Gasteiger partial charge in [-0.25, -0.2) is 4.98 Å². The second kappa shape index (κ2) is 11.3. The van der Waals surface area contributed by atoms with E-state index < -0.39 is 11.5 Å². The van der Waals surface area contributed by atoms with Crippen LogP contribution in [0.4, 0.5) is 5.82 Å². The number of esters is 1. The van der Waals surface area contributed by atoms with Crippen molar-refractivity contribution in [1.82, 2.24) is 9.55 Å². The molecule has 0 radical (unpaired) electrons. The van der Waals surface area contributed by atoms with E-state index in [0.29, 0.717) is 24.2 Å². The average molecular weight is 474 g/mol. The predicted molar refractivity (Wildman–Crippen MR) is 134 cm³/mol. The van der Waals surface area contributed by atoms with E-state index in [9.17, 15) is 9.59 Å². The first-order valence-electron chi connectivity index (χ1n) is 10.9. The van der Waals surface area contributed by atoms with E-state index in [0.717, 1.165) is 11.1 Å². The maximum Gasteiger partial charge on any atom is 0.326 e. The molecule has 7 heteroatoms. The number of benzene rings is 3. The van der Waals surface area contributed by atoms with Gasteiger partial charge in [0.2, 0.25) is 0 Å². The van der Waals surface area contributed by atoms with Gasteiger partial charge in [0, 0.05) is 12.1 Å². The summed E-state index contributed by atoms with van der Waals surface area (Å²) >= 11 is 6.53. The van der Waals surface area contributed by atoms with Gasteiger partial charge in [-0.15, -0.1) is 0 Å². The highest BCUT2D eigenvalue weighted by Gasteiger charge is 2.19. The van der Waals surface area contributed by atoms with Gasteiger partial charge >= 0.3 is 5.97 Å². The van der Waals surface area contributed by atoms with Crippen molar-refractivity contribution >= 4 is 23.4 Å². The minimum absolute atomic E-state index is 0.0940. The van der Waals surface area contributed by atoms with Gasteiger partial charge in [0.1, 0.15) is 13.2 Å². The molecule has 0 amide bonds. The van der Waals surface area contributed by atoms with Crippen molar-refractivity contribution in [2.45, 2.75) is 19.6 Å². The molecule has 0 aliphatic rings. The number of nitrogens with zero attached hydrogens (tertiary/aromatic N) is 2. The highest BCUT2D eigenvalue weighted by molar-refractivity contribution is 6.32. The van der Waals surface area contributed by atoms with Crippen LogP contribution in [0.1, 0.15) is 11.1 Å². The molecule has 0 unspecified atom stereocenters. The highest BCUT2D eigenvalue weighted by atomic mass is 35.5. The van der Waals surface area contributed by atoms with E-state index in [1.165, 1.54) is 4.57 Å². The van der Waals surface area contributed by atoms with Gasteiger partial charge in [-0.05, 0) is 17.5 Å². The van der Waals surface area contributed by atoms with Crippen LogP contribution in [0.5, 0.6) is 0 Å². The van der Waals surface area contributed by atoms with Gasteiger partial charge < -0.3 is 10.1 Å². The average Bonchev–Trinajstić information content (AvgIpc) is 2.87. The Bertz CT molecular complexity index is 1290. The molecule has 3 aromatic carbocycles. The second-order valence-electron chi connectivity index (χ2n) is 7.67. The number of ether oxygens (including phenoxy) is 1. The zero-order valence-corrected chi connectivity index (χ0v) is 19.2. The molecule has 172 valence electrons. The molecule has 4 rings (SSSR count). The number of aromatic nitrogens is 2. The number of nitrogens with one attached hydrogen (secondary N) is 1. The number of carbonyl (C=O) groups is 1. The lowest BCUT2D eigenvalue weighted by atomic mass is 10.1. The summed E-state index contributed by atoms with van der Waals surface area (Å²) in [4.78, 5) is 30.3. The van der Waals surface area contributed by atoms with Crippen LogP contribution in [0, 0.1) is 0 Å². The van der Waals surface area contributed by atoms with Gasteiger partial charge in [-0.2, -0.15) is 0 Å². The zero-order valence-electron chi connectivity index (χ0n) is 18.5. The molecule has 34 heavy (non-hydrogen) atoms. The molecule has 4 aromatic rings. The van der Waals surface area contributed by atoms with E-state index in [-0.39, 0.29) is 24.1 Å². The Kier molecular flexibility index (Phi) is 7.73. The highest BCUT2D eigenvalue weighted by Crippen LogP contribution is 2.26. The summed E-state index contributed by atoms with van der Waals surface area (Å²) < 4.78 is 6.74. The molecule has 1 N–H and O–H groups in total. The fourth-order valence-electron chi connectivity index (χ4n) is 3.56. The summed E-state index contributed by atoms with van der Waals surface area (Å²) in [5.41, 5.74) is 2.61. The lowest BCUT2D eigenvalue weighted by Gasteiger charge is -2.16. The third-order valence-electron chi connectivity index (χ3n) is 5.25. The molecule has 0 saturated carbocycles. The standard InChI is InChI=1S/C27H24ClN3O3/c28-25-24(22-14-8-3-9-15-22)31(18-23(32)34-19-21-12-6-2-7-13-21)27(33)26(30-25)29-17-16-20-10-4-1-5-11-20/h1-15H,16-19H2,(H,29,30). The molecular weight excluding hydrogens is 450 g/mol. The molecular formula is C27H24ClN3O3. The van der Waals surface area contributed by atoms with Gasteiger partial charge in [0.05, 0.1) is 5.69 Å². The summed E-state index contributed by atoms with van der Waals surface area (Å²) in [6.07, 6.45) is 0.707. The van der Waals surface area contributed by atoms with Crippen molar-refractivity contribution in [3.63, 3.8) is 0 Å². The quantitative estimate of drug-likeness (QED) is 0.348. The smallest absolute Gasteiger partial charge is 0.326 e. The summed E-state index contributed by atoms with van der Waals surface area (Å²) in [5, 5.41) is 3.20. The second-order valence-corrected chi connectivity index (χ2v) is 8.02. The Morgan fingerprint density at radius 1 is 0.882 bits per heavy atom. The van der Waals surface area contributed by atoms with Gasteiger partial charge in [-0.1, -0.05) is 103 Å². The first kappa shape index (κ1) is 23.3. The van der Waals surface area contributed by atoms with Crippen molar-refractivity contribution in [1.29, 1.82) is 0 Å². The summed E-state index contributed by atoms with van der Waals surface area (Å²) in [5.74, 6) is -0.447. The maximum atomic E-state index is 13.3. The van der Waals surface area contributed by atoms with E-state index in [2.05, 4.69) is 10.3 Å². The zero-order chi connectivity index (χ0) is 23.8. The van der Waals surface area contributed by atoms with Crippen molar-refractivity contribution in [3.05, 3.63) is 118 Å². The van der Waals surface area contributed by atoms with Crippen LogP contribution in [0.3, 0.4) is 0 Å². The first-order valence-corrected chi connectivity index (χ1v) is 11.3. The first-order chi connectivity index (χ1) is 16.6. The number of rotatable bonds is 9. The number of carbonyl (C=O) groups excluding carboxylic acids is 1. The minimum atomic E-state index is -0.541. The van der Waals surface area contributed by atoms with E-state index in [1.54, 1.807) is 0 Å². The van der Waals surface area contributed by atoms with Gasteiger partial charge in [0.15, 0.2) is 11.0 Å². The molecule has 0 aliphatic heterocycles. The van der Waals surface area contributed by atoms with Gasteiger partial charge in [-0.3, -0.25) is 14.2 Å². The molecule has 0 saturated heterocycles. The predicted octanol–water partition coefficient (Wildman–Crippen LogP) is 4.96. The molecule has 0 atom stereocenters.